The first-order valence-electron chi connectivity index (χ1n) is 7.24. The van der Waals surface area contributed by atoms with E-state index in [0.29, 0.717) is 24.8 Å². The van der Waals surface area contributed by atoms with Crippen LogP contribution in [0, 0.1) is 0 Å². The highest BCUT2D eigenvalue weighted by Crippen LogP contribution is 2.40. The van der Waals surface area contributed by atoms with Crippen LogP contribution in [0.4, 0.5) is 0 Å². The van der Waals surface area contributed by atoms with Crippen molar-refractivity contribution in [3.8, 4) is 0 Å². The number of thioether (sulfide) groups is 1. The molecule has 0 unspecified atom stereocenters. The Labute approximate surface area is 133 Å². The number of hydrogen-bond acceptors (Lipinski definition) is 5. The molecule has 1 aliphatic carbocycles. The largest absolute Gasteiger partial charge is 0.467 e. The molecule has 1 fully saturated rings. The van der Waals surface area contributed by atoms with Crippen LogP contribution in [0.25, 0.3) is 0 Å². The summed E-state index contributed by atoms with van der Waals surface area (Å²) in [6.45, 7) is 4.66. The van der Waals surface area contributed by atoms with Gasteiger partial charge in [0.15, 0.2) is 5.16 Å². The third kappa shape index (κ3) is 3.59. The van der Waals surface area contributed by atoms with Gasteiger partial charge in [-0.1, -0.05) is 17.8 Å². The molecule has 3 rings (SSSR count). The number of carbonyl (C=O) groups excluding carboxylic acids is 1. The Morgan fingerprint density at radius 2 is 2.41 bits per heavy atom. The van der Waals surface area contributed by atoms with Crippen molar-refractivity contribution in [2.24, 2.45) is 0 Å². The zero-order valence-electron chi connectivity index (χ0n) is 12.2. The van der Waals surface area contributed by atoms with E-state index in [1.807, 2.05) is 12.1 Å². The second kappa shape index (κ2) is 6.83. The van der Waals surface area contributed by atoms with Gasteiger partial charge in [-0.3, -0.25) is 9.36 Å². The van der Waals surface area contributed by atoms with E-state index in [1.54, 1.807) is 12.3 Å². The van der Waals surface area contributed by atoms with Gasteiger partial charge in [-0.25, -0.2) is 0 Å². The van der Waals surface area contributed by atoms with Crippen LogP contribution in [0.3, 0.4) is 0 Å². The number of carbonyl (C=O) groups is 1. The summed E-state index contributed by atoms with van der Waals surface area (Å²) in [7, 11) is 0. The Morgan fingerprint density at radius 3 is 3.09 bits per heavy atom. The third-order valence-corrected chi connectivity index (χ3v) is 4.32. The molecule has 0 atom stereocenters. The standard InChI is InChI=1S/C15H18N4O2S/c1-2-7-16-13(20)10-22-15-18-17-14(11-5-6-11)19(15)9-12-4-3-8-21-12/h2-4,8,11H,1,5-7,9-10H2,(H,16,20). The van der Waals surface area contributed by atoms with Gasteiger partial charge in [-0.2, -0.15) is 0 Å². The number of nitrogens with zero attached hydrogens (tertiary/aromatic N) is 3. The predicted octanol–water partition coefficient (Wildman–Crippen LogP) is 2.19. The number of amides is 1. The van der Waals surface area contributed by atoms with E-state index in [9.17, 15) is 4.79 Å². The fraction of sp³-hybridized carbons (Fsp3) is 0.400. The van der Waals surface area contributed by atoms with E-state index in [-0.39, 0.29) is 5.91 Å². The van der Waals surface area contributed by atoms with E-state index in [1.165, 1.54) is 11.8 Å². The Kier molecular flexibility index (Phi) is 4.62. The highest BCUT2D eigenvalue weighted by atomic mass is 32.2. The predicted molar refractivity (Wildman–Crippen MR) is 83.7 cm³/mol. The molecule has 7 heteroatoms. The van der Waals surface area contributed by atoms with Crippen molar-refractivity contribution >= 4 is 17.7 Å². The van der Waals surface area contributed by atoms with Crippen LogP contribution in [-0.4, -0.2) is 33.0 Å². The summed E-state index contributed by atoms with van der Waals surface area (Å²) in [4.78, 5) is 11.7. The minimum atomic E-state index is -0.0366. The van der Waals surface area contributed by atoms with E-state index in [4.69, 9.17) is 4.42 Å². The Bertz CT molecular complexity index is 647. The van der Waals surface area contributed by atoms with Crippen molar-refractivity contribution in [1.29, 1.82) is 0 Å². The molecule has 22 heavy (non-hydrogen) atoms. The Balaban J connectivity index is 1.70. The minimum absolute atomic E-state index is 0.0366. The highest BCUT2D eigenvalue weighted by Gasteiger charge is 2.30. The van der Waals surface area contributed by atoms with Gasteiger partial charge in [0.25, 0.3) is 0 Å². The molecule has 116 valence electrons. The summed E-state index contributed by atoms with van der Waals surface area (Å²) < 4.78 is 7.48. The van der Waals surface area contributed by atoms with Crippen LogP contribution >= 0.6 is 11.8 Å². The summed E-state index contributed by atoms with van der Waals surface area (Å²) in [6, 6.07) is 3.80. The van der Waals surface area contributed by atoms with Gasteiger partial charge in [0.1, 0.15) is 11.6 Å². The van der Waals surface area contributed by atoms with E-state index < -0.39 is 0 Å². The van der Waals surface area contributed by atoms with Gasteiger partial charge in [0.05, 0.1) is 18.6 Å². The zero-order valence-corrected chi connectivity index (χ0v) is 13.0. The second-order valence-electron chi connectivity index (χ2n) is 5.16. The first kappa shape index (κ1) is 14.9. The van der Waals surface area contributed by atoms with Gasteiger partial charge in [0, 0.05) is 12.5 Å². The van der Waals surface area contributed by atoms with E-state index in [2.05, 4.69) is 26.7 Å². The maximum Gasteiger partial charge on any atom is 0.230 e. The molecule has 0 bridgehead atoms. The third-order valence-electron chi connectivity index (χ3n) is 3.36. The van der Waals surface area contributed by atoms with Gasteiger partial charge in [-0.15, -0.1) is 16.8 Å². The summed E-state index contributed by atoms with van der Waals surface area (Å²) in [5, 5.41) is 12.1. The SMILES string of the molecule is C=CCNC(=O)CSc1nnc(C2CC2)n1Cc1ccco1. The molecular weight excluding hydrogens is 300 g/mol. The number of aromatic nitrogens is 3. The van der Waals surface area contributed by atoms with Gasteiger partial charge >= 0.3 is 0 Å². The molecule has 0 saturated heterocycles. The van der Waals surface area contributed by atoms with Crippen LogP contribution < -0.4 is 5.32 Å². The lowest BCUT2D eigenvalue weighted by Crippen LogP contribution is -2.25. The molecule has 1 saturated carbocycles. The Morgan fingerprint density at radius 1 is 1.55 bits per heavy atom. The lowest BCUT2D eigenvalue weighted by Gasteiger charge is -2.08. The van der Waals surface area contributed by atoms with Crippen LogP contribution in [0.15, 0.2) is 40.6 Å². The normalized spacial score (nSPS) is 14.0. The molecule has 0 radical (unpaired) electrons. The summed E-state index contributed by atoms with van der Waals surface area (Å²) >= 11 is 1.39. The Hall–Kier alpha value is -2.02. The van der Waals surface area contributed by atoms with Crippen molar-refractivity contribution in [2.75, 3.05) is 12.3 Å². The summed E-state index contributed by atoms with van der Waals surface area (Å²) in [6.07, 6.45) is 5.63. The van der Waals surface area contributed by atoms with Crippen molar-refractivity contribution in [1.82, 2.24) is 20.1 Å². The number of hydrogen-bond donors (Lipinski definition) is 1. The highest BCUT2D eigenvalue weighted by molar-refractivity contribution is 7.99. The van der Waals surface area contributed by atoms with Crippen molar-refractivity contribution in [3.05, 3.63) is 42.6 Å². The number of furan rings is 1. The maximum absolute atomic E-state index is 11.7. The molecule has 0 spiro atoms. The van der Waals surface area contributed by atoms with Crippen molar-refractivity contribution in [3.63, 3.8) is 0 Å². The molecule has 0 aromatic carbocycles. The molecule has 2 aromatic rings. The van der Waals surface area contributed by atoms with E-state index in [0.717, 1.165) is 29.6 Å². The molecule has 0 aliphatic heterocycles. The molecule has 1 N–H and O–H groups in total. The smallest absolute Gasteiger partial charge is 0.230 e. The van der Waals surface area contributed by atoms with E-state index >= 15 is 0 Å². The first-order chi connectivity index (χ1) is 10.8. The summed E-state index contributed by atoms with van der Waals surface area (Å²) in [5.74, 6) is 2.62. The molecule has 1 amide bonds. The quantitative estimate of drug-likeness (QED) is 0.596. The topological polar surface area (TPSA) is 73.0 Å². The van der Waals surface area contributed by atoms with Crippen LogP contribution in [0.5, 0.6) is 0 Å². The van der Waals surface area contributed by atoms with Gasteiger partial charge in [0.2, 0.25) is 5.91 Å². The molecule has 2 aromatic heterocycles. The maximum atomic E-state index is 11.7. The zero-order chi connectivity index (χ0) is 15.4. The molecule has 2 heterocycles. The van der Waals surface area contributed by atoms with Crippen molar-refractivity contribution < 1.29 is 9.21 Å². The van der Waals surface area contributed by atoms with Crippen molar-refractivity contribution in [2.45, 2.75) is 30.5 Å². The monoisotopic (exact) mass is 318 g/mol. The van der Waals surface area contributed by atoms with Gasteiger partial charge < -0.3 is 9.73 Å². The van der Waals surface area contributed by atoms with Crippen LogP contribution in [-0.2, 0) is 11.3 Å². The number of rotatable bonds is 8. The lowest BCUT2D eigenvalue weighted by molar-refractivity contribution is -0.118. The lowest BCUT2D eigenvalue weighted by atomic mass is 10.3. The fourth-order valence-corrected chi connectivity index (χ4v) is 2.90. The number of nitrogens with one attached hydrogen (secondary N) is 1. The first-order valence-corrected chi connectivity index (χ1v) is 8.22. The summed E-state index contributed by atoms with van der Waals surface area (Å²) in [5.41, 5.74) is 0. The van der Waals surface area contributed by atoms with Crippen LogP contribution in [0.1, 0.15) is 30.3 Å². The average molecular weight is 318 g/mol. The molecule has 6 nitrogen and oxygen atoms in total. The minimum Gasteiger partial charge on any atom is -0.467 e. The average Bonchev–Trinajstić information content (AvgIpc) is 3.09. The van der Waals surface area contributed by atoms with Crippen LogP contribution in [0.2, 0.25) is 0 Å². The second-order valence-corrected chi connectivity index (χ2v) is 6.10. The molecule has 1 aliphatic rings. The van der Waals surface area contributed by atoms with Gasteiger partial charge in [-0.05, 0) is 25.0 Å². The molecular formula is C15H18N4O2S. The fourth-order valence-electron chi connectivity index (χ4n) is 2.12.